The third kappa shape index (κ3) is 3.25. The van der Waals surface area contributed by atoms with E-state index >= 15 is 0 Å². The highest BCUT2D eigenvalue weighted by molar-refractivity contribution is 6.12. The van der Waals surface area contributed by atoms with Crippen molar-refractivity contribution in [3.05, 3.63) is 72.6 Å². The number of rotatable bonds is 5. The molecule has 4 aromatic rings. The molecule has 0 bridgehead atoms. The molecule has 5 nitrogen and oxygen atoms in total. The Morgan fingerprint density at radius 1 is 1.07 bits per heavy atom. The minimum atomic E-state index is -0.340. The zero-order chi connectivity index (χ0) is 20.4. The number of carbonyl (C=O) groups is 1. The van der Waals surface area contributed by atoms with Crippen LogP contribution in [0.15, 0.2) is 67.0 Å². The fourth-order valence-corrected chi connectivity index (χ4v) is 3.72. The SMILES string of the molecule is CCOC(=O)c1c(-c2ccccc2)n(C)c2cc(-c3cccnc3)c(OC)cc12. The molecule has 0 fully saturated rings. The lowest BCUT2D eigenvalue weighted by Gasteiger charge is -2.10. The highest BCUT2D eigenvalue weighted by Gasteiger charge is 2.25. The van der Waals surface area contributed by atoms with Crippen molar-refractivity contribution in [1.29, 1.82) is 0 Å². The Morgan fingerprint density at radius 2 is 1.83 bits per heavy atom. The average molecular weight is 386 g/mol. The second-order valence-electron chi connectivity index (χ2n) is 6.68. The van der Waals surface area contributed by atoms with E-state index in [-0.39, 0.29) is 5.97 Å². The van der Waals surface area contributed by atoms with E-state index in [9.17, 15) is 4.79 Å². The lowest BCUT2D eigenvalue weighted by Crippen LogP contribution is -2.06. The summed E-state index contributed by atoms with van der Waals surface area (Å²) in [5.74, 6) is 0.342. The number of pyridine rings is 1. The molecule has 5 heteroatoms. The van der Waals surface area contributed by atoms with E-state index in [2.05, 4.69) is 4.98 Å². The maximum absolute atomic E-state index is 12.9. The van der Waals surface area contributed by atoms with Crippen molar-refractivity contribution >= 4 is 16.9 Å². The molecule has 0 aliphatic rings. The normalized spacial score (nSPS) is 10.9. The molecule has 0 atom stereocenters. The van der Waals surface area contributed by atoms with E-state index < -0.39 is 0 Å². The zero-order valence-corrected chi connectivity index (χ0v) is 16.7. The second-order valence-corrected chi connectivity index (χ2v) is 6.68. The molecule has 2 heterocycles. The molecule has 0 amide bonds. The summed E-state index contributed by atoms with van der Waals surface area (Å²) in [5, 5.41) is 0.800. The number of aromatic nitrogens is 2. The fourth-order valence-electron chi connectivity index (χ4n) is 3.72. The Balaban J connectivity index is 2.06. The summed E-state index contributed by atoms with van der Waals surface area (Å²) in [5.41, 5.74) is 5.12. The number of esters is 1. The van der Waals surface area contributed by atoms with E-state index in [1.165, 1.54) is 0 Å². The van der Waals surface area contributed by atoms with Gasteiger partial charge in [-0.2, -0.15) is 0 Å². The molecule has 146 valence electrons. The van der Waals surface area contributed by atoms with E-state index in [1.54, 1.807) is 19.5 Å². The first-order valence-corrected chi connectivity index (χ1v) is 9.49. The van der Waals surface area contributed by atoms with Crippen LogP contribution < -0.4 is 4.74 Å². The molecule has 0 spiro atoms. The van der Waals surface area contributed by atoms with Crippen molar-refractivity contribution in [3.63, 3.8) is 0 Å². The van der Waals surface area contributed by atoms with Gasteiger partial charge in [-0.15, -0.1) is 0 Å². The number of carbonyl (C=O) groups excluding carboxylic acids is 1. The standard InChI is InChI=1S/C24H22N2O3/c1-4-29-24(27)22-19-14-21(28-3)18(17-11-8-12-25-15-17)13-20(19)26(2)23(22)16-9-6-5-7-10-16/h5-15H,4H2,1-3H3. The Labute approximate surface area is 169 Å². The van der Waals surface area contributed by atoms with E-state index in [1.807, 2.05) is 73.1 Å². The molecular weight excluding hydrogens is 364 g/mol. The molecule has 0 saturated carbocycles. The largest absolute Gasteiger partial charge is 0.496 e. The van der Waals surface area contributed by atoms with Crippen LogP contribution in [0, 0.1) is 0 Å². The molecular formula is C24H22N2O3. The molecule has 0 aliphatic carbocycles. The molecule has 29 heavy (non-hydrogen) atoms. The summed E-state index contributed by atoms with van der Waals surface area (Å²) in [6, 6.07) is 17.7. The van der Waals surface area contributed by atoms with Crippen LogP contribution >= 0.6 is 0 Å². The van der Waals surface area contributed by atoms with E-state index in [0.29, 0.717) is 17.9 Å². The number of fused-ring (bicyclic) bond motifs is 1. The summed E-state index contributed by atoms with van der Waals surface area (Å²) < 4.78 is 13.1. The van der Waals surface area contributed by atoms with Gasteiger partial charge in [0.2, 0.25) is 0 Å². The van der Waals surface area contributed by atoms with Crippen LogP contribution in [0.25, 0.3) is 33.3 Å². The molecule has 0 unspecified atom stereocenters. The second kappa shape index (κ2) is 7.80. The van der Waals surface area contributed by atoms with Gasteiger partial charge in [0.05, 0.1) is 30.5 Å². The highest BCUT2D eigenvalue weighted by Crippen LogP contribution is 2.40. The van der Waals surface area contributed by atoms with Gasteiger partial charge in [-0.1, -0.05) is 36.4 Å². The summed E-state index contributed by atoms with van der Waals surface area (Å²) >= 11 is 0. The summed E-state index contributed by atoms with van der Waals surface area (Å²) in [7, 11) is 3.60. The molecule has 0 radical (unpaired) electrons. The van der Waals surface area contributed by atoms with Crippen LogP contribution in [-0.2, 0) is 11.8 Å². The van der Waals surface area contributed by atoms with Crippen LogP contribution in [0.5, 0.6) is 5.75 Å². The number of benzene rings is 2. The summed E-state index contributed by atoms with van der Waals surface area (Å²) in [4.78, 5) is 17.2. The van der Waals surface area contributed by atoms with Crippen molar-refractivity contribution in [2.75, 3.05) is 13.7 Å². The third-order valence-corrected chi connectivity index (χ3v) is 5.02. The number of hydrogen-bond acceptors (Lipinski definition) is 4. The number of methoxy groups -OCH3 is 1. The number of hydrogen-bond donors (Lipinski definition) is 0. The van der Waals surface area contributed by atoms with E-state index in [4.69, 9.17) is 9.47 Å². The van der Waals surface area contributed by atoms with Crippen molar-refractivity contribution in [1.82, 2.24) is 9.55 Å². The average Bonchev–Trinajstić information content (AvgIpc) is 3.06. The van der Waals surface area contributed by atoms with Crippen LogP contribution in [0.3, 0.4) is 0 Å². The minimum absolute atomic E-state index is 0.314. The van der Waals surface area contributed by atoms with Crippen LogP contribution in [-0.4, -0.2) is 29.2 Å². The summed E-state index contributed by atoms with van der Waals surface area (Å²) in [6.07, 6.45) is 3.54. The van der Waals surface area contributed by atoms with Gasteiger partial charge < -0.3 is 14.0 Å². The van der Waals surface area contributed by atoms with Gasteiger partial charge in [-0.05, 0) is 30.7 Å². The fraction of sp³-hybridized carbons (Fsp3) is 0.167. The van der Waals surface area contributed by atoms with Crippen molar-refractivity contribution in [2.24, 2.45) is 7.05 Å². The Hall–Kier alpha value is -3.60. The lowest BCUT2D eigenvalue weighted by atomic mass is 10.0. The smallest absolute Gasteiger partial charge is 0.340 e. The first kappa shape index (κ1) is 18.7. The van der Waals surface area contributed by atoms with Gasteiger partial charge in [0.1, 0.15) is 5.75 Å². The number of aryl methyl sites for hydroxylation is 1. The molecule has 2 aromatic carbocycles. The predicted molar refractivity (Wildman–Crippen MR) is 114 cm³/mol. The lowest BCUT2D eigenvalue weighted by molar-refractivity contribution is 0.0529. The third-order valence-electron chi connectivity index (χ3n) is 5.02. The minimum Gasteiger partial charge on any atom is -0.496 e. The van der Waals surface area contributed by atoms with Gasteiger partial charge in [-0.25, -0.2) is 4.79 Å². The number of nitrogens with zero attached hydrogens (tertiary/aromatic N) is 2. The summed E-state index contributed by atoms with van der Waals surface area (Å²) in [6.45, 7) is 2.13. The van der Waals surface area contributed by atoms with Crippen molar-refractivity contribution < 1.29 is 14.3 Å². The quantitative estimate of drug-likeness (QED) is 0.448. The van der Waals surface area contributed by atoms with Crippen LogP contribution in [0.2, 0.25) is 0 Å². The molecule has 2 aromatic heterocycles. The van der Waals surface area contributed by atoms with Crippen molar-refractivity contribution in [2.45, 2.75) is 6.92 Å². The van der Waals surface area contributed by atoms with Gasteiger partial charge >= 0.3 is 5.97 Å². The van der Waals surface area contributed by atoms with Gasteiger partial charge in [0.25, 0.3) is 0 Å². The molecule has 0 N–H and O–H groups in total. The van der Waals surface area contributed by atoms with Crippen molar-refractivity contribution in [3.8, 4) is 28.1 Å². The van der Waals surface area contributed by atoms with Crippen LogP contribution in [0.1, 0.15) is 17.3 Å². The molecule has 0 saturated heterocycles. The van der Waals surface area contributed by atoms with Gasteiger partial charge in [0, 0.05) is 36.0 Å². The Morgan fingerprint density at radius 3 is 2.48 bits per heavy atom. The first-order chi connectivity index (χ1) is 14.2. The molecule has 4 rings (SSSR count). The van der Waals surface area contributed by atoms with Gasteiger partial charge in [0.15, 0.2) is 0 Å². The Kier molecular flexibility index (Phi) is 5.04. The Bertz CT molecular complexity index is 1170. The molecule has 0 aliphatic heterocycles. The maximum Gasteiger partial charge on any atom is 0.340 e. The van der Waals surface area contributed by atoms with E-state index in [0.717, 1.165) is 33.3 Å². The van der Waals surface area contributed by atoms with Crippen LogP contribution in [0.4, 0.5) is 0 Å². The first-order valence-electron chi connectivity index (χ1n) is 9.49. The number of ether oxygens (including phenoxy) is 2. The van der Waals surface area contributed by atoms with Gasteiger partial charge in [-0.3, -0.25) is 4.98 Å². The maximum atomic E-state index is 12.9. The highest BCUT2D eigenvalue weighted by atomic mass is 16.5. The monoisotopic (exact) mass is 386 g/mol. The topological polar surface area (TPSA) is 53.4 Å². The zero-order valence-electron chi connectivity index (χ0n) is 16.7. The predicted octanol–water partition coefficient (Wildman–Crippen LogP) is 5.09.